The van der Waals surface area contributed by atoms with Gasteiger partial charge in [0.2, 0.25) is 0 Å². The normalized spacial score (nSPS) is 19.4. The van der Waals surface area contributed by atoms with Crippen molar-refractivity contribution < 1.29 is 9.13 Å². The number of guanidine groups is 1. The molecule has 0 bridgehead atoms. The second-order valence-corrected chi connectivity index (χ2v) is 8.79. The van der Waals surface area contributed by atoms with E-state index in [1.165, 1.54) is 32.0 Å². The molecule has 170 valence electrons. The van der Waals surface area contributed by atoms with E-state index in [4.69, 9.17) is 9.73 Å². The van der Waals surface area contributed by atoms with Gasteiger partial charge in [-0.15, -0.1) is 24.0 Å². The molecule has 0 unspecified atom stereocenters. The van der Waals surface area contributed by atoms with Crippen molar-refractivity contribution in [2.24, 2.45) is 4.99 Å². The van der Waals surface area contributed by atoms with Crippen LogP contribution in [0.25, 0.3) is 0 Å². The van der Waals surface area contributed by atoms with Gasteiger partial charge in [-0.25, -0.2) is 9.38 Å². The fourth-order valence-electron chi connectivity index (χ4n) is 4.34. The van der Waals surface area contributed by atoms with Crippen molar-refractivity contribution in [3.63, 3.8) is 0 Å². The van der Waals surface area contributed by atoms with Crippen LogP contribution in [0, 0.1) is 5.82 Å². The Morgan fingerprint density at radius 3 is 2.60 bits per heavy atom. The summed E-state index contributed by atoms with van der Waals surface area (Å²) in [6.45, 7) is 8.35. The lowest BCUT2D eigenvalue weighted by molar-refractivity contribution is -0.0164. The van der Waals surface area contributed by atoms with Crippen LogP contribution in [0.5, 0.6) is 0 Å². The van der Waals surface area contributed by atoms with E-state index in [0.29, 0.717) is 6.54 Å². The Kier molecular flexibility index (Phi) is 11.2. The molecule has 0 radical (unpaired) electrons. The second kappa shape index (κ2) is 13.1. The van der Waals surface area contributed by atoms with E-state index in [1.54, 1.807) is 17.8 Å². The number of benzene rings is 1. The van der Waals surface area contributed by atoms with Crippen LogP contribution >= 0.6 is 35.7 Å². The minimum atomic E-state index is -0.182. The van der Waals surface area contributed by atoms with Gasteiger partial charge in [0, 0.05) is 37.6 Å². The number of nitrogens with zero attached hydrogens (tertiary/aromatic N) is 2. The summed E-state index contributed by atoms with van der Waals surface area (Å²) in [5.41, 5.74) is 2.26. The molecule has 1 aromatic rings. The average Bonchev–Trinajstić information content (AvgIpc) is 3.28. The third-order valence-corrected chi connectivity index (χ3v) is 6.60. The number of hydrogen-bond donors (Lipinski definition) is 2. The van der Waals surface area contributed by atoms with Crippen LogP contribution < -0.4 is 10.6 Å². The molecule has 2 saturated heterocycles. The summed E-state index contributed by atoms with van der Waals surface area (Å²) >= 11 is 1.70. The van der Waals surface area contributed by atoms with E-state index in [0.717, 1.165) is 62.0 Å². The second-order valence-electron chi connectivity index (χ2n) is 7.93. The maximum absolute atomic E-state index is 13.6. The highest BCUT2D eigenvalue weighted by atomic mass is 127. The molecule has 30 heavy (non-hydrogen) atoms. The van der Waals surface area contributed by atoms with Crippen molar-refractivity contribution >= 4 is 41.7 Å². The molecule has 0 aliphatic carbocycles. The summed E-state index contributed by atoms with van der Waals surface area (Å²) in [4.78, 5) is 7.47. The van der Waals surface area contributed by atoms with Gasteiger partial charge < -0.3 is 15.4 Å². The van der Waals surface area contributed by atoms with E-state index in [9.17, 15) is 4.39 Å². The number of likely N-dealkylation sites (tertiary alicyclic amines) is 1. The Morgan fingerprint density at radius 2 is 1.93 bits per heavy atom. The van der Waals surface area contributed by atoms with E-state index >= 15 is 0 Å². The van der Waals surface area contributed by atoms with Crippen LogP contribution in [0.4, 0.5) is 4.39 Å². The van der Waals surface area contributed by atoms with Gasteiger partial charge in [0.15, 0.2) is 5.96 Å². The number of thioether (sulfide) groups is 1. The number of nitrogens with one attached hydrogen (secondary N) is 2. The Morgan fingerprint density at radius 1 is 1.20 bits per heavy atom. The third-order valence-electron chi connectivity index (χ3n) is 6.01. The lowest BCUT2D eigenvalue weighted by Crippen LogP contribution is -2.58. The Balaban J connectivity index is 0.00000320. The van der Waals surface area contributed by atoms with Gasteiger partial charge in [0.25, 0.3) is 0 Å². The molecule has 2 heterocycles. The van der Waals surface area contributed by atoms with E-state index in [1.807, 2.05) is 12.3 Å². The lowest BCUT2D eigenvalue weighted by Gasteiger charge is -2.45. The number of halogens is 2. The molecular formula is C22H36FIN4OS. The van der Waals surface area contributed by atoms with Gasteiger partial charge in [-0.3, -0.25) is 4.90 Å². The quantitative estimate of drug-likeness (QED) is 0.291. The number of ether oxygens (including phenoxy) is 1. The SMILES string of the molecule is CCNC(=NCc1ccc(F)cc1CSC)NCC1(N2CCCC2)CCOCC1.I. The molecule has 2 fully saturated rings. The summed E-state index contributed by atoms with van der Waals surface area (Å²) < 4.78 is 19.3. The van der Waals surface area contributed by atoms with Gasteiger partial charge in [-0.1, -0.05) is 6.07 Å². The van der Waals surface area contributed by atoms with Crippen molar-refractivity contribution in [1.82, 2.24) is 15.5 Å². The predicted octanol–water partition coefficient (Wildman–Crippen LogP) is 4.01. The fourth-order valence-corrected chi connectivity index (χ4v) is 4.92. The molecule has 0 saturated carbocycles. The third kappa shape index (κ3) is 6.97. The molecule has 0 spiro atoms. The molecule has 2 N–H and O–H groups in total. The number of aliphatic imine (C=N–C) groups is 1. The zero-order valence-corrected chi connectivity index (χ0v) is 21.4. The monoisotopic (exact) mass is 550 g/mol. The van der Waals surface area contributed by atoms with Crippen molar-refractivity contribution in [1.29, 1.82) is 0 Å². The highest BCUT2D eigenvalue weighted by Gasteiger charge is 2.39. The largest absolute Gasteiger partial charge is 0.381 e. The first kappa shape index (κ1) is 25.7. The van der Waals surface area contributed by atoms with Crippen LogP contribution in [0.1, 0.15) is 43.7 Å². The van der Waals surface area contributed by atoms with Crippen molar-refractivity contribution in [2.45, 2.75) is 50.4 Å². The van der Waals surface area contributed by atoms with Gasteiger partial charge in [-0.2, -0.15) is 11.8 Å². The first-order valence-electron chi connectivity index (χ1n) is 10.8. The van der Waals surface area contributed by atoms with Crippen molar-refractivity contribution in [2.75, 3.05) is 45.6 Å². The molecular weight excluding hydrogens is 514 g/mol. The number of hydrogen-bond acceptors (Lipinski definition) is 4. The van der Waals surface area contributed by atoms with Crippen LogP contribution in [0.3, 0.4) is 0 Å². The Labute approximate surface area is 202 Å². The van der Waals surface area contributed by atoms with E-state index < -0.39 is 0 Å². The maximum Gasteiger partial charge on any atom is 0.191 e. The Hall–Kier alpha value is -0.580. The molecule has 0 amide bonds. The highest BCUT2D eigenvalue weighted by molar-refractivity contribution is 14.0. The van der Waals surface area contributed by atoms with Gasteiger partial charge >= 0.3 is 0 Å². The van der Waals surface area contributed by atoms with Crippen LogP contribution in [0.2, 0.25) is 0 Å². The molecule has 8 heteroatoms. The molecule has 2 aliphatic rings. The van der Waals surface area contributed by atoms with E-state index in [2.05, 4.69) is 22.5 Å². The van der Waals surface area contributed by atoms with Crippen molar-refractivity contribution in [3.05, 3.63) is 35.1 Å². The summed E-state index contributed by atoms with van der Waals surface area (Å²) in [6, 6.07) is 5.02. The zero-order chi connectivity index (χ0) is 20.5. The van der Waals surface area contributed by atoms with Crippen LogP contribution in [-0.2, 0) is 17.0 Å². The fraction of sp³-hybridized carbons (Fsp3) is 0.682. The smallest absolute Gasteiger partial charge is 0.191 e. The van der Waals surface area contributed by atoms with Gasteiger partial charge in [-0.05, 0) is 75.2 Å². The molecule has 3 rings (SSSR count). The lowest BCUT2D eigenvalue weighted by atomic mass is 9.88. The standard InChI is InChI=1S/C22H35FN4OS.HI/c1-3-24-21(25-15-18-6-7-20(23)14-19(18)16-29-2)26-17-22(8-12-28-13-9-22)27-10-4-5-11-27;/h6-7,14H,3-5,8-13,15-17H2,1-2H3,(H2,24,25,26);1H. The first-order chi connectivity index (χ1) is 14.2. The summed E-state index contributed by atoms with van der Waals surface area (Å²) in [6.07, 6.45) is 6.75. The molecule has 1 aromatic carbocycles. The molecule has 0 aromatic heterocycles. The zero-order valence-electron chi connectivity index (χ0n) is 18.2. The van der Waals surface area contributed by atoms with Gasteiger partial charge in [0.05, 0.1) is 6.54 Å². The average molecular weight is 551 g/mol. The van der Waals surface area contributed by atoms with Gasteiger partial charge in [0.1, 0.15) is 5.82 Å². The first-order valence-corrected chi connectivity index (χ1v) is 12.2. The number of rotatable bonds is 8. The summed E-state index contributed by atoms with van der Waals surface area (Å²) in [5.74, 6) is 1.45. The molecule has 2 aliphatic heterocycles. The minimum absolute atomic E-state index is 0. The summed E-state index contributed by atoms with van der Waals surface area (Å²) in [5, 5.41) is 6.98. The molecule has 5 nitrogen and oxygen atoms in total. The Bertz CT molecular complexity index is 679. The van der Waals surface area contributed by atoms with Crippen LogP contribution in [-0.4, -0.2) is 62.0 Å². The highest BCUT2D eigenvalue weighted by Crippen LogP contribution is 2.30. The maximum atomic E-state index is 13.6. The topological polar surface area (TPSA) is 48.9 Å². The summed E-state index contributed by atoms with van der Waals surface area (Å²) in [7, 11) is 0. The van der Waals surface area contributed by atoms with E-state index in [-0.39, 0.29) is 35.3 Å². The van der Waals surface area contributed by atoms with Crippen molar-refractivity contribution in [3.8, 4) is 0 Å². The minimum Gasteiger partial charge on any atom is -0.381 e. The van der Waals surface area contributed by atoms with Crippen LogP contribution in [0.15, 0.2) is 23.2 Å². The molecule has 0 atom stereocenters. The predicted molar refractivity (Wildman–Crippen MR) is 135 cm³/mol.